The normalized spacial score (nSPS) is 9.64. The molecule has 0 saturated heterocycles. The molecule has 1 rings (SSSR count). The van der Waals surface area contributed by atoms with Crippen LogP contribution in [-0.4, -0.2) is 11.3 Å². The summed E-state index contributed by atoms with van der Waals surface area (Å²) in [6, 6.07) is 1.62. The highest BCUT2D eigenvalue weighted by Crippen LogP contribution is 2.15. The molecule has 1 heterocycles. The summed E-state index contributed by atoms with van der Waals surface area (Å²) in [5.41, 5.74) is 1.27. The van der Waals surface area contributed by atoms with Crippen LogP contribution in [0.1, 0.15) is 23.0 Å². The molecule has 0 spiro atoms. The third-order valence-electron chi connectivity index (χ3n) is 1.47. The zero-order chi connectivity index (χ0) is 8.27. The van der Waals surface area contributed by atoms with Crippen molar-refractivity contribution in [3.63, 3.8) is 0 Å². The van der Waals surface area contributed by atoms with Gasteiger partial charge in [-0.3, -0.25) is 9.78 Å². The molecular formula is C8H8ClNO. The molecule has 0 atom stereocenters. The number of aldehydes is 1. The van der Waals surface area contributed by atoms with Crippen LogP contribution in [0, 0.1) is 0 Å². The molecule has 0 amide bonds. The summed E-state index contributed by atoms with van der Waals surface area (Å²) < 4.78 is 0. The summed E-state index contributed by atoms with van der Waals surface area (Å²) in [5.74, 6) is 0. The lowest BCUT2D eigenvalue weighted by molar-refractivity contribution is 0.112. The fourth-order valence-electron chi connectivity index (χ4n) is 0.896. The number of aryl methyl sites for hydroxylation is 1. The molecule has 0 radical (unpaired) electrons. The first-order chi connectivity index (χ1) is 5.29. The van der Waals surface area contributed by atoms with Crippen molar-refractivity contribution in [1.29, 1.82) is 0 Å². The van der Waals surface area contributed by atoms with E-state index in [2.05, 4.69) is 4.98 Å². The molecule has 0 aliphatic carbocycles. The summed E-state index contributed by atoms with van der Waals surface area (Å²) in [5, 5.41) is 0.479. The van der Waals surface area contributed by atoms with Crippen LogP contribution < -0.4 is 0 Å². The van der Waals surface area contributed by atoms with E-state index < -0.39 is 0 Å². The molecule has 11 heavy (non-hydrogen) atoms. The second-order valence-corrected chi connectivity index (χ2v) is 2.53. The standard InChI is InChI=1S/C8H8ClNO/c1-2-8-6(5-11)7(9)3-4-10-8/h3-5H,2H2,1H3. The van der Waals surface area contributed by atoms with E-state index in [1.54, 1.807) is 12.3 Å². The van der Waals surface area contributed by atoms with Gasteiger partial charge < -0.3 is 0 Å². The molecule has 0 saturated carbocycles. The molecule has 58 valence electrons. The lowest BCUT2D eigenvalue weighted by Crippen LogP contribution is -1.94. The van der Waals surface area contributed by atoms with Crippen molar-refractivity contribution in [2.75, 3.05) is 0 Å². The number of pyridine rings is 1. The molecule has 0 fully saturated rings. The average Bonchev–Trinajstić information content (AvgIpc) is 2.04. The lowest BCUT2D eigenvalue weighted by atomic mass is 10.2. The van der Waals surface area contributed by atoms with Gasteiger partial charge in [0.15, 0.2) is 6.29 Å². The van der Waals surface area contributed by atoms with Crippen molar-refractivity contribution < 1.29 is 4.79 Å². The van der Waals surface area contributed by atoms with E-state index in [1.807, 2.05) is 6.92 Å². The van der Waals surface area contributed by atoms with Crippen LogP contribution in [0.3, 0.4) is 0 Å². The zero-order valence-electron chi connectivity index (χ0n) is 6.17. The van der Waals surface area contributed by atoms with Gasteiger partial charge in [0, 0.05) is 6.20 Å². The summed E-state index contributed by atoms with van der Waals surface area (Å²) in [4.78, 5) is 14.5. The van der Waals surface area contributed by atoms with E-state index in [4.69, 9.17) is 11.6 Å². The Morgan fingerprint density at radius 1 is 1.73 bits per heavy atom. The minimum absolute atomic E-state index is 0.479. The fraction of sp³-hybridized carbons (Fsp3) is 0.250. The first kappa shape index (κ1) is 8.21. The maximum Gasteiger partial charge on any atom is 0.153 e. The molecule has 0 bridgehead atoms. The van der Waals surface area contributed by atoms with Crippen molar-refractivity contribution in [2.24, 2.45) is 0 Å². The van der Waals surface area contributed by atoms with Crippen LogP contribution in [0.4, 0.5) is 0 Å². The molecule has 1 aromatic heterocycles. The van der Waals surface area contributed by atoms with Gasteiger partial charge in [0.1, 0.15) is 0 Å². The van der Waals surface area contributed by atoms with E-state index in [9.17, 15) is 4.79 Å². The number of rotatable bonds is 2. The minimum atomic E-state index is 0.479. The number of hydrogen-bond acceptors (Lipinski definition) is 2. The fourth-order valence-corrected chi connectivity index (χ4v) is 1.11. The molecule has 3 heteroatoms. The first-order valence-electron chi connectivity index (χ1n) is 3.38. The Labute approximate surface area is 70.2 Å². The highest BCUT2D eigenvalue weighted by Gasteiger charge is 2.03. The van der Waals surface area contributed by atoms with Crippen molar-refractivity contribution in [3.8, 4) is 0 Å². The van der Waals surface area contributed by atoms with E-state index in [1.165, 1.54) is 0 Å². The van der Waals surface area contributed by atoms with Gasteiger partial charge in [-0.1, -0.05) is 18.5 Å². The predicted octanol–water partition coefficient (Wildman–Crippen LogP) is 2.11. The van der Waals surface area contributed by atoms with Crippen molar-refractivity contribution in [3.05, 3.63) is 28.5 Å². The van der Waals surface area contributed by atoms with Gasteiger partial charge in [-0.05, 0) is 12.5 Å². The van der Waals surface area contributed by atoms with Gasteiger partial charge in [-0.25, -0.2) is 0 Å². The Morgan fingerprint density at radius 2 is 2.45 bits per heavy atom. The van der Waals surface area contributed by atoms with Crippen LogP contribution >= 0.6 is 11.6 Å². The Bertz CT molecular complexity index is 273. The minimum Gasteiger partial charge on any atom is -0.298 e. The number of hydrogen-bond donors (Lipinski definition) is 0. The third-order valence-corrected chi connectivity index (χ3v) is 1.80. The maximum atomic E-state index is 10.5. The van der Waals surface area contributed by atoms with Crippen molar-refractivity contribution >= 4 is 17.9 Å². The third kappa shape index (κ3) is 1.57. The summed E-state index contributed by atoms with van der Waals surface area (Å²) in [7, 11) is 0. The topological polar surface area (TPSA) is 30.0 Å². The van der Waals surface area contributed by atoms with E-state index in [0.29, 0.717) is 10.6 Å². The molecule has 1 aromatic rings. The molecule has 0 N–H and O–H groups in total. The van der Waals surface area contributed by atoms with Crippen LogP contribution in [0.2, 0.25) is 5.02 Å². The molecule has 0 aliphatic rings. The number of nitrogens with zero attached hydrogens (tertiary/aromatic N) is 1. The molecule has 0 unspecified atom stereocenters. The Morgan fingerprint density at radius 3 is 2.91 bits per heavy atom. The summed E-state index contributed by atoms with van der Waals surface area (Å²) in [6.45, 7) is 1.94. The zero-order valence-corrected chi connectivity index (χ0v) is 6.93. The highest BCUT2D eigenvalue weighted by molar-refractivity contribution is 6.33. The smallest absolute Gasteiger partial charge is 0.153 e. The molecule has 0 aromatic carbocycles. The SMILES string of the molecule is CCc1nccc(Cl)c1C=O. The van der Waals surface area contributed by atoms with Gasteiger partial charge in [0.05, 0.1) is 16.3 Å². The summed E-state index contributed by atoms with van der Waals surface area (Å²) in [6.07, 6.45) is 3.08. The van der Waals surface area contributed by atoms with Gasteiger partial charge in [-0.2, -0.15) is 0 Å². The second-order valence-electron chi connectivity index (χ2n) is 2.12. The monoisotopic (exact) mass is 169 g/mol. The maximum absolute atomic E-state index is 10.5. The quantitative estimate of drug-likeness (QED) is 0.635. The van der Waals surface area contributed by atoms with Gasteiger partial charge in [0.2, 0.25) is 0 Å². The average molecular weight is 170 g/mol. The molecular weight excluding hydrogens is 162 g/mol. The van der Waals surface area contributed by atoms with Gasteiger partial charge >= 0.3 is 0 Å². The van der Waals surface area contributed by atoms with Crippen molar-refractivity contribution in [2.45, 2.75) is 13.3 Å². The van der Waals surface area contributed by atoms with Crippen LogP contribution in [0.15, 0.2) is 12.3 Å². The summed E-state index contributed by atoms with van der Waals surface area (Å²) >= 11 is 5.74. The first-order valence-corrected chi connectivity index (χ1v) is 3.76. The number of halogens is 1. The predicted molar refractivity (Wildman–Crippen MR) is 44.0 cm³/mol. The molecule has 0 aliphatic heterocycles. The lowest BCUT2D eigenvalue weighted by Gasteiger charge is -2.00. The van der Waals surface area contributed by atoms with E-state index in [-0.39, 0.29) is 0 Å². The number of aromatic nitrogens is 1. The Kier molecular flexibility index (Phi) is 2.60. The van der Waals surface area contributed by atoms with Crippen LogP contribution in [-0.2, 0) is 6.42 Å². The van der Waals surface area contributed by atoms with Gasteiger partial charge in [-0.15, -0.1) is 0 Å². The number of carbonyl (C=O) groups is 1. The number of carbonyl (C=O) groups excluding carboxylic acids is 1. The largest absolute Gasteiger partial charge is 0.298 e. The molecule has 2 nitrogen and oxygen atoms in total. The van der Waals surface area contributed by atoms with Crippen LogP contribution in [0.5, 0.6) is 0 Å². The highest BCUT2D eigenvalue weighted by atomic mass is 35.5. The van der Waals surface area contributed by atoms with Gasteiger partial charge in [0.25, 0.3) is 0 Å². The van der Waals surface area contributed by atoms with Crippen molar-refractivity contribution in [1.82, 2.24) is 4.98 Å². The second kappa shape index (κ2) is 3.49. The van der Waals surface area contributed by atoms with E-state index >= 15 is 0 Å². The Balaban J connectivity index is 3.24. The van der Waals surface area contributed by atoms with Crippen LogP contribution in [0.25, 0.3) is 0 Å². The van der Waals surface area contributed by atoms with E-state index in [0.717, 1.165) is 18.4 Å². The Hall–Kier alpha value is -0.890.